The first-order valence-corrected chi connectivity index (χ1v) is 12.0. The molecule has 0 saturated heterocycles. The average molecular weight is 475 g/mol. The van der Waals surface area contributed by atoms with Gasteiger partial charge in [-0.3, -0.25) is 0 Å². The minimum absolute atomic E-state index is 0.00591. The Hall–Kier alpha value is -2.69. The van der Waals surface area contributed by atoms with Gasteiger partial charge in [-0.05, 0) is 97.5 Å². The van der Waals surface area contributed by atoms with Crippen molar-refractivity contribution in [1.29, 1.82) is 0 Å². The van der Waals surface area contributed by atoms with Crippen LogP contribution in [0.15, 0.2) is 42.5 Å². The lowest BCUT2D eigenvalue weighted by Crippen LogP contribution is -2.04. The molecule has 0 amide bonds. The van der Waals surface area contributed by atoms with Crippen LogP contribution < -0.4 is 0 Å². The Bertz CT molecular complexity index is 1070. The molecule has 3 aromatic rings. The molecule has 0 nitrogen and oxygen atoms in total. The number of rotatable bonds is 11. The van der Waals surface area contributed by atoms with Gasteiger partial charge in [0, 0.05) is 11.1 Å². The van der Waals surface area contributed by atoms with Crippen LogP contribution in [-0.2, 0) is 38.5 Å². The summed E-state index contributed by atoms with van der Waals surface area (Å²) in [4.78, 5) is 0. The van der Waals surface area contributed by atoms with Crippen LogP contribution in [-0.4, -0.2) is 0 Å². The molecule has 0 fully saturated rings. The Kier molecular flexibility index (Phi) is 9.26. The summed E-state index contributed by atoms with van der Waals surface area (Å²) in [5.74, 6) is -2.95. The van der Waals surface area contributed by atoms with Crippen molar-refractivity contribution in [3.05, 3.63) is 105 Å². The Labute approximate surface area is 198 Å². The van der Waals surface area contributed by atoms with Gasteiger partial charge in [-0.2, -0.15) is 0 Å². The molecule has 0 atom stereocenters. The van der Waals surface area contributed by atoms with Crippen LogP contribution in [0.2, 0.25) is 0 Å². The van der Waals surface area contributed by atoms with Gasteiger partial charge < -0.3 is 0 Å². The highest BCUT2D eigenvalue weighted by Crippen LogP contribution is 2.23. The topological polar surface area (TPSA) is 0 Å². The fraction of sp³-hybridized carbons (Fsp3) is 0.379. The fourth-order valence-corrected chi connectivity index (χ4v) is 4.22. The molecule has 0 spiro atoms. The summed E-state index contributed by atoms with van der Waals surface area (Å²) < 4.78 is 72.2. The summed E-state index contributed by atoms with van der Waals surface area (Å²) in [6.07, 6.45) is 4.43. The van der Waals surface area contributed by atoms with Gasteiger partial charge in [0.25, 0.3) is 0 Å². The fourth-order valence-electron chi connectivity index (χ4n) is 4.22. The third-order valence-corrected chi connectivity index (χ3v) is 6.18. The molecule has 3 aromatic carbocycles. The molecule has 3 rings (SSSR count). The lowest BCUT2D eigenvalue weighted by Gasteiger charge is -2.11. The van der Waals surface area contributed by atoms with E-state index in [1.54, 1.807) is 12.1 Å². The van der Waals surface area contributed by atoms with E-state index >= 15 is 0 Å². The van der Waals surface area contributed by atoms with Gasteiger partial charge in [0.1, 0.15) is 29.1 Å². The van der Waals surface area contributed by atoms with Crippen LogP contribution in [0.5, 0.6) is 0 Å². The van der Waals surface area contributed by atoms with Gasteiger partial charge in [0.05, 0.1) is 0 Å². The molecule has 0 heterocycles. The molecular formula is C29H31F5. The molecule has 5 heteroatoms. The van der Waals surface area contributed by atoms with Crippen molar-refractivity contribution in [2.24, 2.45) is 0 Å². The first-order chi connectivity index (χ1) is 16.3. The first-order valence-electron chi connectivity index (χ1n) is 12.0. The van der Waals surface area contributed by atoms with Crippen molar-refractivity contribution in [2.45, 2.75) is 71.6 Å². The first kappa shape index (κ1) is 25.9. The second-order valence-corrected chi connectivity index (χ2v) is 8.86. The van der Waals surface area contributed by atoms with Gasteiger partial charge in [0.2, 0.25) is 0 Å². The molecule has 0 aliphatic heterocycles. The zero-order chi connectivity index (χ0) is 24.7. The zero-order valence-electron chi connectivity index (χ0n) is 19.8. The summed E-state index contributed by atoms with van der Waals surface area (Å²) >= 11 is 0. The SMILES string of the molecule is CCCCc1ccc(CCc2c(F)cc(CCc3c(F)cc(CCC)cc3F)cc2F)cc1F. The maximum atomic E-state index is 14.7. The molecule has 0 unspecified atom stereocenters. The van der Waals surface area contributed by atoms with E-state index in [1.807, 2.05) is 13.8 Å². The Morgan fingerprint density at radius 3 is 1.41 bits per heavy atom. The van der Waals surface area contributed by atoms with E-state index in [0.29, 0.717) is 41.5 Å². The number of halogens is 5. The van der Waals surface area contributed by atoms with Gasteiger partial charge >= 0.3 is 0 Å². The summed E-state index contributed by atoms with van der Waals surface area (Å²) in [6.45, 7) is 3.97. The second kappa shape index (κ2) is 12.1. The van der Waals surface area contributed by atoms with E-state index in [1.165, 1.54) is 30.3 Å². The van der Waals surface area contributed by atoms with Crippen molar-refractivity contribution in [2.75, 3.05) is 0 Å². The zero-order valence-corrected chi connectivity index (χ0v) is 19.8. The summed E-state index contributed by atoms with van der Waals surface area (Å²) in [5, 5.41) is 0. The molecular weight excluding hydrogens is 443 g/mol. The van der Waals surface area contributed by atoms with Gasteiger partial charge in [-0.1, -0.05) is 38.8 Å². The number of hydrogen-bond acceptors (Lipinski definition) is 0. The molecule has 0 N–H and O–H groups in total. The van der Waals surface area contributed by atoms with Crippen LogP contribution in [0, 0.1) is 29.1 Å². The minimum Gasteiger partial charge on any atom is -0.207 e. The molecule has 0 radical (unpaired) electrons. The Balaban J connectivity index is 1.66. The highest BCUT2D eigenvalue weighted by Gasteiger charge is 2.15. The van der Waals surface area contributed by atoms with Gasteiger partial charge in [-0.25, -0.2) is 22.0 Å². The van der Waals surface area contributed by atoms with Crippen LogP contribution in [0.3, 0.4) is 0 Å². The van der Waals surface area contributed by atoms with Gasteiger partial charge in [0.15, 0.2) is 0 Å². The monoisotopic (exact) mass is 474 g/mol. The van der Waals surface area contributed by atoms with E-state index < -0.39 is 23.3 Å². The lowest BCUT2D eigenvalue weighted by molar-refractivity contribution is 0.544. The third-order valence-electron chi connectivity index (χ3n) is 6.18. The second-order valence-electron chi connectivity index (χ2n) is 8.86. The smallest absolute Gasteiger partial charge is 0.129 e. The maximum absolute atomic E-state index is 14.7. The molecule has 0 aliphatic rings. The van der Waals surface area contributed by atoms with Crippen molar-refractivity contribution in [3.8, 4) is 0 Å². The normalized spacial score (nSPS) is 11.3. The minimum atomic E-state index is -0.700. The van der Waals surface area contributed by atoms with Crippen LogP contribution >= 0.6 is 0 Å². The quantitative estimate of drug-likeness (QED) is 0.246. The Morgan fingerprint density at radius 1 is 0.471 bits per heavy atom. The molecule has 0 aromatic heterocycles. The summed E-state index contributed by atoms with van der Waals surface area (Å²) in [6, 6.07) is 10.1. The number of benzene rings is 3. The van der Waals surface area contributed by atoms with E-state index in [9.17, 15) is 22.0 Å². The van der Waals surface area contributed by atoms with Crippen LogP contribution in [0.4, 0.5) is 22.0 Å². The largest absolute Gasteiger partial charge is 0.207 e. The van der Waals surface area contributed by atoms with Crippen molar-refractivity contribution < 1.29 is 22.0 Å². The standard InChI is InChI=1S/C29H31F5/c1-3-5-7-22-11-8-19(14-25(22)30)9-12-23-28(33)17-21(18-29(23)34)10-13-24-26(31)15-20(6-4-2)16-27(24)32/h8,11,14-18H,3-7,9-10,12-13H2,1-2H3. The van der Waals surface area contributed by atoms with E-state index in [-0.39, 0.29) is 36.2 Å². The molecule has 0 bridgehead atoms. The molecule has 0 aliphatic carbocycles. The molecule has 182 valence electrons. The van der Waals surface area contributed by atoms with Gasteiger partial charge in [-0.15, -0.1) is 0 Å². The van der Waals surface area contributed by atoms with Crippen molar-refractivity contribution >= 4 is 0 Å². The predicted octanol–water partition coefficient (Wildman–Crippen LogP) is 8.25. The molecule has 34 heavy (non-hydrogen) atoms. The van der Waals surface area contributed by atoms with Crippen molar-refractivity contribution in [1.82, 2.24) is 0 Å². The van der Waals surface area contributed by atoms with Crippen LogP contribution in [0.1, 0.15) is 66.5 Å². The predicted molar refractivity (Wildman–Crippen MR) is 127 cm³/mol. The van der Waals surface area contributed by atoms with Crippen molar-refractivity contribution in [3.63, 3.8) is 0 Å². The lowest BCUT2D eigenvalue weighted by atomic mass is 9.97. The number of aryl methyl sites for hydroxylation is 4. The highest BCUT2D eigenvalue weighted by molar-refractivity contribution is 5.31. The summed E-state index contributed by atoms with van der Waals surface area (Å²) in [5.41, 5.74) is 2.12. The Morgan fingerprint density at radius 2 is 0.941 bits per heavy atom. The van der Waals surface area contributed by atoms with E-state index in [2.05, 4.69) is 0 Å². The third kappa shape index (κ3) is 6.68. The molecule has 0 saturated carbocycles. The highest BCUT2D eigenvalue weighted by atomic mass is 19.1. The van der Waals surface area contributed by atoms with E-state index in [4.69, 9.17) is 0 Å². The summed E-state index contributed by atoms with van der Waals surface area (Å²) in [7, 11) is 0. The number of unbranched alkanes of at least 4 members (excludes halogenated alkanes) is 1. The average Bonchev–Trinajstić information content (AvgIpc) is 2.77. The number of hydrogen-bond donors (Lipinski definition) is 0. The maximum Gasteiger partial charge on any atom is 0.129 e. The van der Waals surface area contributed by atoms with E-state index in [0.717, 1.165) is 19.3 Å². The van der Waals surface area contributed by atoms with Crippen LogP contribution in [0.25, 0.3) is 0 Å².